The van der Waals surface area contributed by atoms with Gasteiger partial charge in [-0.2, -0.15) is 0 Å². The Kier molecular flexibility index (Phi) is 3.97. The summed E-state index contributed by atoms with van der Waals surface area (Å²) in [4.78, 5) is 12.3. The van der Waals surface area contributed by atoms with E-state index in [1.807, 2.05) is 70.4 Å². The molecule has 0 fully saturated rings. The molecular formula is C14H13NOSe. The van der Waals surface area contributed by atoms with Crippen molar-refractivity contribution in [1.29, 1.82) is 0 Å². The summed E-state index contributed by atoms with van der Waals surface area (Å²) in [5.41, 5.74) is 1.70. The molecule has 0 radical (unpaired) electrons. The van der Waals surface area contributed by atoms with Crippen molar-refractivity contribution in [3.8, 4) is 0 Å². The second kappa shape index (κ2) is 5.67. The second-order valence-electron chi connectivity index (χ2n) is 3.48. The second-order valence-corrected chi connectivity index (χ2v) is 5.02. The average molecular weight is 290 g/mol. The van der Waals surface area contributed by atoms with Gasteiger partial charge in [-0.05, 0) is 0 Å². The van der Waals surface area contributed by atoms with Gasteiger partial charge in [0.05, 0.1) is 0 Å². The van der Waals surface area contributed by atoms with Gasteiger partial charge >= 0.3 is 108 Å². The number of benzene rings is 2. The van der Waals surface area contributed by atoms with Crippen LogP contribution in [0.1, 0.15) is 10.4 Å². The van der Waals surface area contributed by atoms with Gasteiger partial charge in [0.1, 0.15) is 0 Å². The van der Waals surface area contributed by atoms with Crippen molar-refractivity contribution in [1.82, 2.24) is 0 Å². The Hall–Kier alpha value is -1.57. The Morgan fingerprint density at radius 2 is 1.47 bits per heavy atom. The zero-order valence-electron chi connectivity index (χ0n) is 9.54. The van der Waals surface area contributed by atoms with E-state index >= 15 is 0 Å². The van der Waals surface area contributed by atoms with Gasteiger partial charge in [-0.3, -0.25) is 0 Å². The monoisotopic (exact) mass is 291 g/mol. The molecular weight excluding hydrogens is 277 g/mol. The molecule has 0 bridgehead atoms. The van der Waals surface area contributed by atoms with Crippen molar-refractivity contribution in [2.45, 2.75) is 5.82 Å². The van der Waals surface area contributed by atoms with Crippen LogP contribution in [0.5, 0.6) is 0 Å². The Morgan fingerprint density at radius 1 is 0.941 bits per heavy atom. The third-order valence-electron chi connectivity index (χ3n) is 2.38. The van der Waals surface area contributed by atoms with Crippen molar-refractivity contribution in [3.63, 3.8) is 0 Å². The number of hydrogen-bond acceptors (Lipinski definition) is 1. The Balaban J connectivity index is 2.29. The normalized spacial score (nSPS) is 9.94. The summed E-state index contributed by atoms with van der Waals surface area (Å²) in [5.74, 6) is 2.11. The molecule has 0 aliphatic heterocycles. The Bertz CT molecular complexity index is 484. The molecule has 17 heavy (non-hydrogen) atoms. The van der Waals surface area contributed by atoms with E-state index in [1.165, 1.54) is 0 Å². The summed E-state index contributed by atoms with van der Waals surface area (Å²) in [6.07, 6.45) is 0. The van der Waals surface area contributed by atoms with Gasteiger partial charge in [0, 0.05) is 0 Å². The van der Waals surface area contributed by atoms with Crippen molar-refractivity contribution in [2.24, 2.45) is 0 Å². The Morgan fingerprint density at radius 3 is 2.00 bits per heavy atom. The maximum absolute atomic E-state index is 12.3. The Labute approximate surface area is 108 Å². The van der Waals surface area contributed by atoms with Crippen LogP contribution in [0.25, 0.3) is 0 Å². The molecule has 0 N–H and O–H groups in total. The molecule has 0 saturated carbocycles. The summed E-state index contributed by atoms with van der Waals surface area (Å²) < 4.78 is 1.84. The number of hydrogen-bond donors (Lipinski definition) is 0. The fourth-order valence-electron chi connectivity index (χ4n) is 1.57. The summed E-state index contributed by atoms with van der Waals surface area (Å²) in [6.45, 7) is 0. The molecule has 2 nitrogen and oxygen atoms in total. The van der Waals surface area contributed by atoms with E-state index in [-0.39, 0.29) is 21.1 Å². The van der Waals surface area contributed by atoms with Gasteiger partial charge in [0.25, 0.3) is 0 Å². The SMILES string of the molecule is C[Se]N(C(=O)c1ccccc1)c1ccccc1. The molecule has 0 aliphatic rings. The van der Waals surface area contributed by atoms with Gasteiger partial charge in [0.15, 0.2) is 0 Å². The van der Waals surface area contributed by atoms with Crippen molar-refractivity contribution < 1.29 is 4.79 Å². The molecule has 2 aromatic carbocycles. The first-order valence-electron chi connectivity index (χ1n) is 5.31. The molecule has 0 atom stereocenters. The topological polar surface area (TPSA) is 20.3 Å². The number of carbonyl (C=O) groups is 1. The summed E-state index contributed by atoms with van der Waals surface area (Å²) >= 11 is 0.105. The van der Waals surface area contributed by atoms with E-state index in [1.54, 1.807) is 0 Å². The van der Waals surface area contributed by atoms with Crippen LogP contribution in [0, 0.1) is 0 Å². The van der Waals surface area contributed by atoms with Crippen molar-refractivity contribution >= 4 is 26.8 Å². The standard InChI is InChI=1S/C14H13NOSe/c1-17-15(13-10-6-3-7-11-13)14(16)12-8-4-2-5-9-12/h2-11H,1H3. The summed E-state index contributed by atoms with van der Waals surface area (Å²) in [5, 5.41) is 0. The third kappa shape index (κ3) is 2.76. The van der Waals surface area contributed by atoms with Gasteiger partial charge in [-0.1, -0.05) is 0 Å². The predicted molar refractivity (Wildman–Crippen MR) is 71.3 cm³/mol. The molecule has 2 rings (SSSR count). The minimum atomic E-state index is 0.0688. The summed E-state index contributed by atoms with van der Waals surface area (Å²) in [6, 6.07) is 19.2. The van der Waals surface area contributed by atoms with Crippen LogP contribution in [0.15, 0.2) is 60.7 Å². The molecule has 0 spiro atoms. The fourth-order valence-corrected chi connectivity index (χ4v) is 2.83. The van der Waals surface area contributed by atoms with Crippen LogP contribution in [-0.4, -0.2) is 21.1 Å². The zero-order chi connectivity index (χ0) is 12.1. The number of nitrogens with zero attached hydrogens (tertiary/aromatic N) is 1. The first kappa shape index (κ1) is 11.9. The van der Waals surface area contributed by atoms with Gasteiger partial charge < -0.3 is 0 Å². The van der Waals surface area contributed by atoms with Crippen LogP contribution in [-0.2, 0) is 0 Å². The van der Waals surface area contributed by atoms with Gasteiger partial charge in [-0.15, -0.1) is 0 Å². The predicted octanol–water partition coefficient (Wildman–Crippen LogP) is 3.00. The van der Waals surface area contributed by atoms with Crippen LogP contribution >= 0.6 is 0 Å². The average Bonchev–Trinajstić information content (AvgIpc) is 2.42. The zero-order valence-corrected chi connectivity index (χ0v) is 11.3. The molecule has 2 aromatic rings. The van der Waals surface area contributed by atoms with E-state index in [0.717, 1.165) is 11.3 Å². The molecule has 0 aliphatic carbocycles. The summed E-state index contributed by atoms with van der Waals surface area (Å²) in [7, 11) is 0. The molecule has 0 heterocycles. The van der Waals surface area contributed by atoms with Gasteiger partial charge in [-0.25, -0.2) is 0 Å². The quantitative estimate of drug-likeness (QED) is 0.796. The van der Waals surface area contributed by atoms with Crippen LogP contribution in [0.3, 0.4) is 0 Å². The molecule has 3 heteroatoms. The van der Waals surface area contributed by atoms with E-state index < -0.39 is 0 Å². The third-order valence-corrected chi connectivity index (χ3v) is 3.93. The minimum absolute atomic E-state index is 0.0688. The molecule has 0 unspecified atom stereocenters. The number of carbonyl (C=O) groups excluding carboxylic acids is 1. The van der Waals surface area contributed by atoms with Gasteiger partial charge in [0.2, 0.25) is 0 Å². The number of para-hydroxylation sites is 1. The van der Waals surface area contributed by atoms with Crippen molar-refractivity contribution in [2.75, 3.05) is 3.92 Å². The van der Waals surface area contributed by atoms with Crippen molar-refractivity contribution in [3.05, 3.63) is 66.2 Å². The number of rotatable bonds is 3. The van der Waals surface area contributed by atoms with Crippen LogP contribution < -0.4 is 3.92 Å². The molecule has 86 valence electrons. The van der Waals surface area contributed by atoms with E-state index in [9.17, 15) is 4.79 Å². The van der Waals surface area contributed by atoms with E-state index in [2.05, 4.69) is 0 Å². The number of anilines is 1. The first-order valence-corrected chi connectivity index (χ1v) is 7.79. The van der Waals surface area contributed by atoms with Crippen LogP contribution in [0.2, 0.25) is 5.82 Å². The molecule has 1 amide bonds. The maximum atomic E-state index is 12.3. The van der Waals surface area contributed by atoms with E-state index in [4.69, 9.17) is 0 Å². The van der Waals surface area contributed by atoms with Crippen LogP contribution in [0.4, 0.5) is 5.69 Å². The fraction of sp³-hybridized carbons (Fsp3) is 0.0714. The molecule has 0 aromatic heterocycles. The molecule has 0 saturated heterocycles. The first-order chi connectivity index (χ1) is 8.33. The number of amides is 1. The van der Waals surface area contributed by atoms with E-state index in [0.29, 0.717) is 0 Å².